The fraction of sp³-hybridized carbons (Fsp3) is 0.614. The number of hydrogen-bond donors (Lipinski definition) is 5. The number of esters is 2. The number of unbranched alkanes of at least 4 members (excludes halogenated alkanes) is 8. The highest BCUT2D eigenvalue weighted by atomic mass is 31.2. The minimum absolute atomic E-state index is 0.112. The van der Waals surface area contributed by atoms with Crippen molar-refractivity contribution in [2.75, 3.05) is 19.8 Å². The molecule has 0 saturated carbocycles. The number of phosphoric acid groups is 1. The van der Waals surface area contributed by atoms with Crippen LogP contribution >= 0.6 is 7.82 Å². The van der Waals surface area contributed by atoms with Gasteiger partial charge in [0.05, 0.1) is 25.4 Å². The van der Waals surface area contributed by atoms with E-state index in [1.54, 1.807) is 36.5 Å². The molecule has 58 heavy (non-hydrogen) atoms. The Labute approximate surface area is 347 Å². The van der Waals surface area contributed by atoms with Crippen LogP contribution < -0.4 is 5.73 Å². The van der Waals surface area contributed by atoms with E-state index in [1.807, 2.05) is 6.08 Å². The van der Waals surface area contributed by atoms with E-state index in [1.165, 1.54) is 32.1 Å². The molecule has 330 valence electrons. The van der Waals surface area contributed by atoms with Gasteiger partial charge in [-0.05, 0) is 77.0 Å². The quantitative estimate of drug-likeness (QED) is 0.0130. The molecular weight excluding hydrogens is 765 g/mol. The number of phosphoric ester groups is 1. The predicted octanol–water partition coefficient (Wildman–Crippen LogP) is 8.66. The molecule has 14 heteroatoms. The summed E-state index contributed by atoms with van der Waals surface area (Å²) in [5.74, 6) is -2.72. The van der Waals surface area contributed by atoms with Crippen molar-refractivity contribution in [3.8, 4) is 0 Å². The normalized spacial score (nSPS) is 15.7. The van der Waals surface area contributed by atoms with Crippen LogP contribution in [0.4, 0.5) is 0 Å². The molecule has 0 aromatic rings. The summed E-state index contributed by atoms with van der Waals surface area (Å²) in [4.78, 5) is 45.9. The zero-order chi connectivity index (χ0) is 43.1. The highest BCUT2D eigenvalue weighted by Gasteiger charge is 2.28. The number of ether oxygens (including phenoxy) is 2. The molecule has 0 aromatic heterocycles. The fourth-order valence-electron chi connectivity index (χ4n) is 4.91. The maximum absolute atomic E-state index is 12.6. The first kappa shape index (κ1) is 54.6. The van der Waals surface area contributed by atoms with Crippen molar-refractivity contribution < 1.29 is 57.7 Å². The Morgan fingerprint density at radius 2 is 1.16 bits per heavy atom. The lowest BCUT2D eigenvalue weighted by molar-refractivity contribution is -0.161. The smallest absolute Gasteiger partial charge is 0.472 e. The molecule has 0 fully saturated rings. The van der Waals surface area contributed by atoms with Crippen LogP contribution in [0.5, 0.6) is 0 Å². The van der Waals surface area contributed by atoms with E-state index in [0.29, 0.717) is 12.8 Å². The number of carbonyl (C=O) groups is 3. The van der Waals surface area contributed by atoms with Crippen molar-refractivity contribution in [1.29, 1.82) is 0 Å². The van der Waals surface area contributed by atoms with E-state index >= 15 is 0 Å². The van der Waals surface area contributed by atoms with Gasteiger partial charge in [-0.1, -0.05) is 125 Å². The van der Waals surface area contributed by atoms with Gasteiger partial charge in [-0.25, -0.2) is 4.57 Å². The lowest BCUT2D eigenvalue weighted by atomic mass is 10.1. The second-order valence-electron chi connectivity index (χ2n) is 13.8. The zero-order valence-corrected chi connectivity index (χ0v) is 35.7. The molecule has 0 aromatic carbocycles. The second-order valence-corrected chi connectivity index (χ2v) is 15.3. The van der Waals surface area contributed by atoms with Gasteiger partial charge >= 0.3 is 25.7 Å². The SMILES string of the molecule is CCCCC/C=C\C/C=C\C/C=C\CCCCC(=O)OC[C@H](COP(=O)(O)OC[C@H](N)C(=O)O)OC(=O)CCC[C@@H](O)\C=C/C=C/C=C/[C@@H](O)C/C=C\CCCCC. The zero-order valence-electron chi connectivity index (χ0n) is 34.8. The lowest BCUT2D eigenvalue weighted by Gasteiger charge is -2.20. The molecule has 0 aliphatic rings. The van der Waals surface area contributed by atoms with Gasteiger partial charge in [-0.3, -0.25) is 23.4 Å². The maximum atomic E-state index is 12.6. The van der Waals surface area contributed by atoms with Gasteiger partial charge in [0, 0.05) is 12.8 Å². The number of allylic oxidation sites excluding steroid dienone is 11. The Balaban J connectivity index is 4.75. The highest BCUT2D eigenvalue weighted by molar-refractivity contribution is 7.47. The number of aliphatic carboxylic acids is 1. The van der Waals surface area contributed by atoms with E-state index in [9.17, 15) is 34.1 Å². The fourth-order valence-corrected chi connectivity index (χ4v) is 5.69. The van der Waals surface area contributed by atoms with Gasteiger partial charge in [0.1, 0.15) is 12.6 Å². The number of nitrogens with two attached hydrogens (primary N) is 1. The second kappa shape index (κ2) is 37.8. The Morgan fingerprint density at radius 3 is 1.74 bits per heavy atom. The van der Waals surface area contributed by atoms with Crippen molar-refractivity contribution in [1.82, 2.24) is 0 Å². The Hall–Kier alpha value is -3.42. The first-order chi connectivity index (χ1) is 27.9. The number of carboxylic acids is 1. The summed E-state index contributed by atoms with van der Waals surface area (Å²) in [5.41, 5.74) is 5.31. The third-order valence-corrected chi connectivity index (χ3v) is 9.26. The summed E-state index contributed by atoms with van der Waals surface area (Å²) in [6, 6.07) is -1.57. The topological polar surface area (TPSA) is 212 Å². The predicted molar refractivity (Wildman–Crippen MR) is 229 cm³/mol. The summed E-state index contributed by atoms with van der Waals surface area (Å²) in [7, 11) is -4.80. The van der Waals surface area contributed by atoms with Gasteiger partial charge < -0.3 is 35.4 Å². The van der Waals surface area contributed by atoms with Crippen LogP contribution in [0.1, 0.15) is 129 Å². The lowest BCUT2D eigenvalue weighted by Crippen LogP contribution is -2.34. The Kier molecular flexibility index (Phi) is 35.6. The Bertz CT molecular complexity index is 1340. The third-order valence-electron chi connectivity index (χ3n) is 8.31. The average molecular weight is 838 g/mol. The van der Waals surface area contributed by atoms with Gasteiger partial charge in [0.25, 0.3) is 0 Å². The maximum Gasteiger partial charge on any atom is 0.472 e. The highest BCUT2D eigenvalue weighted by Crippen LogP contribution is 2.43. The summed E-state index contributed by atoms with van der Waals surface area (Å²) >= 11 is 0. The monoisotopic (exact) mass is 837 g/mol. The summed E-state index contributed by atoms with van der Waals surface area (Å²) in [6.45, 7) is 2.39. The number of rotatable bonds is 37. The van der Waals surface area contributed by atoms with E-state index < -0.39 is 69.9 Å². The van der Waals surface area contributed by atoms with Crippen molar-refractivity contribution in [2.45, 2.75) is 154 Å². The molecule has 0 saturated heterocycles. The number of carboxylic acid groups (broad SMARTS) is 1. The molecular formula is C44H72NO12P. The molecule has 6 N–H and O–H groups in total. The van der Waals surface area contributed by atoms with Crippen LogP contribution in [-0.2, 0) is 37.5 Å². The molecule has 0 rings (SSSR count). The first-order valence-corrected chi connectivity index (χ1v) is 22.3. The molecule has 13 nitrogen and oxygen atoms in total. The number of aliphatic hydroxyl groups excluding tert-OH is 2. The largest absolute Gasteiger partial charge is 0.480 e. The Morgan fingerprint density at radius 1 is 0.638 bits per heavy atom. The number of hydrogen-bond acceptors (Lipinski definition) is 11. The van der Waals surface area contributed by atoms with E-state index in [-0.39, 0.29) is 25.7 Å². The van der Waals surface area contributed by atoms with Crippen LogP contribution in [0.3, 0.4) is 0 Å². The van der Waals surface area contributed by atoms with Crippen LogP contribution in [-0.4, -0.2) is 82.3 Å². The standard InChI is InChI=1S/C44H72NO12P/c1-3-5-7-9-11-12-13-14-15-16-17-18-19-21-27-33-42(48)54-35-40(36-55-58(52,53)56-37-41(45)44(50)51)57-43(49)34-28-32-39(47)31-26-23-22-25-30-38(46)29-24-20-10-8-6-4-2/h11-12,14-15,17-18,20,22-26,30-31,38-41,46-47H,3-10,13,16,19,21,27-29,32-37,45H2,1-2H3,(H,50,51)(H,52,53)/b12-11-,15-14-,18-17-,23-22+,24-20-,30-25+,31-26-/t38-,39-,40+,41-/m0/s1. The van der Waals surface area contributed by atoms with Crippen molar-refractivity contribution in [2.24, 2.45) is 5.73 Å². The third kappa shape index (κ3) is 36.9. The molecule has 0 aliphatic heterocycles. The minimum atomic E-state index is -4.80. The number of aliphatic hydroxyl groups is 2. The molecule has 0 spiro atoms. The van der Waals surface area contributed by atoms with Gasteiger partial charge in [-0.2, -0.15) is 0 Å². The van der Waals surface area contributed by atoms with Crippen LogP contribution in [0.25, 0.3) is 0 Å². The van der Waals surface area contributed by atoms with Crippen LogP contribution in [0.15, 0.2) is 85.1 Å². The molecule has 5 atom stereocenters. The molecule has 1 unspecified atom stereocenters. The van der Waals surface area contributed by atoms with Gasteiger partial charge in [0.2, 0.25) is 0 Å². The van der Waals surface area contributed by atoms with Crippen molar-refractivity contribution in [3.63, 3.8) is 0 Å². The van der Waals surface area contributed by atoms with Crippen LogP contribution in [0.2, 0.25) is 0 Å². The molecule has 0 bridgehead atoms. The molecule has 0 amide bonds. The van der Waals surface area contributed by atoms with Crippen molar-refractivity contribution in [3.05, 3.63) is 85.1 Å². The summed E-state index contributed by atoms with van der Waals surface area (Å²) in [5, 5.41) is 29.2. The summed E-state index contributed by atoms with van der Waals surface area (Å²) < 4.78 is 32.4. The van der Waals surface area contributed by atoms with Crippen LogP contribution in [0, 0.1) is 0 Å². The minimum Gasteiger partial charge on any atom is -0.480 e. The molecule has 0 heterocycles. The molecule has 0 aliphatic carbocycles. The van der Waals surface area contributed by atoms with Crippen molar-refractivity contribution >= 4 is 25.7 Å². The number of carbonyl (C=O) groups excluding carboxylic acids is 2. The molecule has 0 radical (unpaired) electrons. The average Bonchev–Trinajstić information content (AvgIpc) is 3.19. The summed E-state index contributed by atoms with van der Waals surface area (Å²) in [6.07, 6.45) is 38.6. The van der Waals surface area contributed by atoms with Gasteiger partial charge in [-0.15, -0.1) is 0 Å². The van der Waals surface area contributed by atoms with E-state index in [2.05, 4.69) is 60.9 Å². The van der Waals surface area contributed by atoms with Gasteiger partial charge in [0.15, 0.2) is 6.10 Å². The van der Waals surface area contributed by atoms with E-state index in [0.717, 1.165) is 44.9 Å². The van der Waals surface area contributed by atoms with E-state index in [4.69, 9.17) is 24.8 Å². The first-order valence-electron chi connectivity index (χ1n) is 20.8.